The highest BCUT2D eigenvalue weighted by Crippen LogP contribution is 2.67. The Labute approximate surface area is 365 Å². The lowest BCUT2D eigenvalue weighted by molar-refractivity contribution is 0.623. The van der Waals surface area contributed by atoms with Crippen LogP contribution in [0.1, 0.15) is 58.4 Å². The van der Waals surface area contributed by atoms with Crippen molar-refractivity contribution in [2.24, 2.45) is 0 Å². The molecule has 3 aliphatic rings. The standard InChI is InChI=1S/C59H39N3O/c1-3-17-40-36(2)58(46-23-10-7-20-41(40)46)49-25-12-14-27-51(49)59(52-28-15-13-26-50(52)58)47-24-11-8-21-42(47)45-34-38(31-33-48(45)59)56-60-55(37-18-5-4-6-19-37)61-57(62-56)39-30-32-44-43-22-9-16-29-53(43)63-54(44)35-39/h3-35H,1-2H3/b17-3-. The minimum absolute atomic E-state index is 0.456. The third-order valence-corrected chi connectivity index (χ3v) is 14.0. The predicted molar refractivity (Wildman–Crippen MR) is 254 cm³/mol. The summed E-state index contributed by atoms with van der Waals surface area (Å²) in [6.45, 7) is 4.47. The van der Waals surface area contributed by atoms with Crippen molar-refractivity contribution in [2.45, 2.75) is 24.7 Å². The molecule has 0 bridgehead atoms. The molecule has 8 aromatic carbocycles. The van der Waals surface area contributed by atoms with E-state index < -0.39 is 10.8 Å². The number of para-hydroxylation sites is 1. The summed E-state index contributed by atoms with van der Waals surface area (Å²) in [4.78, 5) is 15.5. The van der Waals surface area contributed by atoms with Crippen molar-refractivity contribution in [2.75, 3.05) is 0 Å². The molecule has 0 atom stereocenters. The molecule has 2 aromatic heterocycles. The highest BCUT2D eigenvalue weighted by molar-refractivity contribution is 6.06. The summed E-state index contributed by atoms with van der Waals surface area (Å²) in [5.41, 5.74) is 18.9. The van der Waals surface area contributed by atoms with Gasteiger partial charge in [0.05, 0.1) is 10.8 Å². The highest BCUT2D eigenvalue weighted by Gasteiger charge is 2.58. The molecular weight excluding hydrogens is 767 g/mol. The van der Waals surface area contributed by atoms with Gasteiger partial charge in [0.15, 0.2) is 17.5 Å². The second kappa shape index (κ2) is 13.3. The van der Waals surface area contributed by atoms with Gasteiger partial charge in [0.25, 0.3) is 0 Å². The van der Waals surface area contributed by atoms with Gasteiger partial charge in [-0.05, 0) is 105 Å². The van der Waals surface area contributed by atoms with Gasteiger partial charge in [-0.2, -0.15) is 0 Å². The average Bonchev–Trinajstić information content (AvgIpc) is 3.95. The molecule has 13 rings (SSSR count). The van der Waals surface area contributed by atoms with Gasteiger partial charge >= 0.3 is 0 Å². The van der Waals surface area contributed by atoms with Crippen molar-refractivity contribution in [3.63, 3.8) is 0 Å². The van der Waals surface area contributed by atoms with Crippen LogP contribution in [-0.4, -0.2) is 15.0 Å². The Hall–Kier alpha value is -7.95. The Morgan fingerprint density at radius 3 is 1.57 bits per heavy atom. The van der Waals surface area contributed by atoms with Crippen LogP contribution in [0.5, 0.6) is 0 Å². The molecule has 0 aliphatic heterocycles. The number of furan rings is 1. The Bertz CT molecular complexity index is 3560. The van der Waals surface area contributed by atoms with Crippen LogP contribution in [0.4, 0.5) is 0 Å². The monoisotopic (exact) mass is 805 g/mol. The van der Waals surface area contributed by atoms with Crippen LogP contribution in [0.3, 0.4) is 0 Å². The molecule has 63 heavy (non-hydrogen) atoms. The van der Waals surface area contributed by atoms with E-state index in [9.17, 15) is 0 Å². The van der Waals surface area contributed by atoms with Gasteiger partial charge in [-0.3, -0.25) is 0 Å². The molecule has 296 valence electrons. The maximum atomic E-state index is 6.33. The first-order valence-corrected chi connectivity index (χ1v) is 21.7. The van der Waals surface area contributed by atoms with Crippen molar-refractivity contribution in [1.82, 2.24) is 15.0 Å². The smallest absolute Gasteiger partial charge is 0.164 e. The molecule has 0 saturated carbocycles. The quantitative estimate of drug-likeness (QED) is 0.178. The molecule has 0 amide bonds. The van der Waals surface area contributed by atoms with Gasteiger partial charge in [-0.15, -0.1) is 0 Å². The van der Waals surface area contributed by atoms with E-state index in [0.717, 1.165) is 38.6 Å². The van der Waals surface area contributed by atoms with E-state index in [-0.39, 0.29) is 0 Å². The molecule has 0 saturated heterocycles. The van der Waals surface area contributed by atoms with E-state index in [1.807, 2.05) is 36.4 Å². The van der Waals surface area contributed by atoms with Crippen molar-refractivity contribution < 1.29 is 4.42 Å². The molecule has 4 nitrogen and oxygen atoms in total. The summed E-state index contributed by atoms with van der Waals surface area (Å²) in [6, 6.07) is 68.0. The molecule has 0 fully saturated rings. The summed E-state index contributed by atoms with van der Waals surface area (Å²) in [7, 11) is 0. The average molecular weight is 806 g/mol. The summed E-state index contributed by atoms with van der Waals surface area (Å²) < 4.78 is 6.33. The SMILES string of the molecule is C/C=C\C1=C(C)C2(c3ccccc31)c1ccccc1C1(c3ccccc3-c3cc(-c4nc(-c5ccccc5)nc(-c5ccc6c(c5)oc5ccccc56)n4)ccc31)c1ccccc12. The number of nitrogens with zero attached hydrogens (tertiary/aromatic N) is 3. The van der Waals surface area contributed by atoms with Crippen molar-refractivity contribution in [1.29, 1.82) is 0 Å². The molecule has 0 unspecified atom stereocenters. The van der Waals surface area contributed by atoms with E-state index in [2.05, 4.69) is 178 Å². The highest BCUT2D eigenvalue weighted by atomic mass is 16.3. The first kappa shape index (κ1) is 35.8. The van der Waals surface area contributed by atoms with Crippen molar-refractivity contribution >= 4 is 27.5 Å². The molecule has 2 spiro atoms. The van der Waals surface area contributed by atoms with Crippen molar-refractivity contribution in [3.8, 4) is 45.3 Å². The summed E-state index contributed by atoms with van der Waals surface area (Å²) in [5, 5.41) is 2.16. The van der Waals surface area contributed by atoms with Crippen LogP contribution < -0.4 is 0 Å². The minimum atomic E-state index is -0.567. The van der Waals surface area contributed by atoms with Crippen LogP contribution in [0.25, 0.3) is 72.8 Å². The first-order chi connectivity index (χ1) is 31.1. The Kier molecular flexibility index (Phi) is 7.54. The van der Waals surface area contributed by atoms with Gasteiger partial charge in [-0.1, -0.05) is 176 Å². The zero-order valence-corrected chi connectivity index (χ0v) is 34.8. The van der Waals surface area contributed by atoms with Gasteiger partial charge < -0.3 is 4.42 Å². The summed E-state index contributed by atoms with van der Waals surface area (Å²) in [6.07, 6.45) is 4.47. The van der Waals surface area contributed by atoms with E-state index in [1.54, 1.807) is 0 Å². The van der Waals surface area contributed by atoms with E-state index in [0.29, 0.717) is 17.5 Å². The van der Waals surface area contributed by atoms with Gasteiger partial charge in [0, 0.05) is 27.5 Å². The predicted octanol–water partition coefficient (Wildman–Crippen LogP) is 14.1. The number of hydrogen-bond acceptors (Lipinski definition) is 4. The first-order valence-electron chi connectivity index (χ1n) is 21.7. The molecule has 4 heteroatoms. The number of benzene rings is 8. The lowest BCUT2D eigenvalue weighted by Gasteiger charge is -2.49. The zero-order chi connectivity index (χ0) is 41.9. The van der Waals surface area contributed by atoms with Gasteiger partial charge in [0.1, 0.15) is 11.2 Å². The fraction of sp³-hybridized carbons (Fsp3) is 0.0678. The zero-order valence-electron chi connectivity index (χ0n) is 34.8. The van der Waals surface area contributed by atoms with E-state index in [1.165, 1.54) is 66.8 Å². The topological polar surface area (TPSA) is 51.8 Å². The normalized spacial score (nSPS) is 18.0. The Morgan fingerprint density at radius 2 is 0.889 bits per heavy atom. The largest absolute Gasteiger partial charge is 0.456 e. The maximum Gasteiger partial charge on any atom is 0.164 e. The number of hydrogen-bond donors (Lipinski definition) is 0. The summed E-state index contributed by atoms with van der Waals surface area (Å²) in [5.74, 6) is 1.83. The lowest BCUT2D eigenvalue weighted by atomic mass is 9.52. The Balaban J connectivity index is 1.05. The van der Waals surface area contributed by atoms with E-state index >= 15 is 0 Å². The molecule has 0 N–H and O–H groups in total. The number of aromatic nitrogens is 3. The minimum Gasteiger partial charge on any atom is -0.456 e. The summed E-state index contributed by atoms with van der Waals surface area (Å²) >= 11 is 0. The third-order valence-electron chi connectivity index (χ3n) is 14.0. The van der Waals surface area contributed by atoms with Crippen molar-refractivity contribution in [3.05, 3.63) is 250 Å². The second-order valence-electron chi connectivity index (χ2n) is 17.0. The van der Waals surface area contributed by atoms with Gasteiger partial charge in [-0.25, -0.2) is 15.0 Å². The molecule has 10 aromatic rings. The third kappa shape index (κ3) is 4.72. The lowest BCUT2D eigenvalue weighted by Crippen LogP contribution is -2.43. The van der Waals surface area contributed by atoms with Crippen LogP contribution in [-0.2, 0) is 10.8 Å². The van der Waals surface area contributed by atoms with Crippen LogP contribution in [0, 0.1) is 0 Å². The number of fused-ring (bicyclic) bond motifs is 16. The van der Waals surface area contributed by atoms with E-state index in [4.69, 9.17) is 19.4 Å². The molecule has 3 aliphatic carbocycles. The number of rotatable bonds is 4. The maximum absolute atomic E-state index is 6.33. The van der Waals surface area contributed by atoms with Crippen LogP contribution in [0.15, 0.2) is 210 Å². The molecule has 2 heterocycles. The van der Waals surface area contributed by atoms with Crippen LogP contribution >= 0.6 is 0 Å². The fourth-order valence-corrected chi connectivity index (χ4v) is 11.5. The Morgan fingerprint density at radius 1 is 0.397 bits per heavy atom. The fourth-order valence-electron chi connectivity index (χ4n) is 11.5. The van der Waals surface area contributed by atoms with Gasteiger partial charge in [0.2, 0.25) is 0 Å². The number of allylic oxidation sites excluding steroid dienone is 4. The molecular formula is C59H39N3O. The van der Waals surface area contributed by atoms with Crippen LogP contribution in [0.2, 0.25) is 0 Å². The second-order valence-corrected chi connectivity index (χ2v) is 17.0. The molecule has 0 radical (unpaired) electrons.